The van der Waals surface area contributed by atoms with Gasteiger partial charge in [0.1, 0.15) is 12.4 Å². The standard InChI is InChI=1S/C31H42F3N7O6/c1-5-14-44-15-16-45-17-18-46-26-19-23(8-11-25(26)27(43)35-12-13-41(2,3)4)37-29-38-28(36-20-22-6-9-24(42)10-7-22)39-30(40-29)47-21-31(32,33)34/h6-11,19H,5,12-18,20-21H2,1-4H3,(H3-,35,36,37,38,39,40,42,43). The van der Waals surface area contributed by atoms with E-state index >= 15 is 0 Å². The molecule has 0 fully saturated rings. The second-order valence-electron chi connectivity index (χ2n) is 11.3. The minimum atomic E-state index is -4.62. The van der Waals surface area contributed by atoms with Crippen molar-refractivity contribution in [3.05, 3.63) is 53.6 Å². The summed E-state index contributed by atoms with van der Waals surface area (Å²) in [6, 6.07) is 10.1. The van der Waals surface area contributed by atoms with Crippen molar-refractivity contribution in [2.24, 2.45) is 0 Å². The lowest BCUT2D eigenvalue weighted by molar-refractivity contribution is -0.869. The Morgan fingerprint density at radius 1 is 0.894 bits per heavy atom. The molecule has 16 heteroatoms. The predicted molar refractivity (Wildman–Crippen MR) is 167 cm³/mol. The summed E-state index contributed by atoms with van der Waals surface area (Å²) in [7, 11) is 6.05. The van der Waals surface area contributed by atoms with Crippen LogP contribution in [-0.4, -0.2) is 105 Å². The first-order valence-corrected chi connectivity index (χ1v) is 15.0. The normalized spacial score (nSPS) is 11.6. The van der Waals surface area contributed by atoms with Crippen LogP contribution in [0.4, 0.5) is 30.8 Å². The number of halogens is 3. The summed E-state index contributed by atoms with van der Waals surface area (Å²) in [4.78, 5) is 25.2. The molecule has 0 atom stereocenters. The third-order valence-corrected chi connectivity index (χ3v) is 6.11. The Hall–Kier alpha value is -4.41. The maximum atomic E-state index is 13.1. The van der Waals surface area contributed by atoms with E-state index in [2.05, 4.69) is 30.9 Å². The first-order chi connectivity index (χ1) is 22.3. The second-order valence-corrected chi connectivity index (χ2v) is 11.3. The molecule has 258 valence electrons. The number of alkyl halides is 3. The summed E-state index contributed by atoms with van der Waals surface area (Å²) in [5.74, 6) is -0.463. The van der Waals surface area contributed by atoms with Crippen molar-refractivity contribution in [1.82, 2.24) is 20.3 Å². The summed E-state index contributed by atoms with van der Waals surface area (Å²) >= 11 is 0. The number of ether oxygens (including phenoxy) is 4. The van der Waals surface area contributed by atoms with Crippen LogP contribution in [0.2, 0.25) is 0 Å². The maximum Gasteiger partial charge on any atom is 0.422 e. The maximum absolute atomic E-state index is 13.1. The topological polar surface area (TPSA) is 152 Å². The van der Waals surface area contributed by atoms with Gasteiger partial charge in [0.25, 0.3) is 5.91 Å². The van der Waals surface area contributed by atoms with E-state index in [1.807, 2.05) is 28.1 Å². The average molecular weight is 666 g/mol. The fourth-order valence-corrected chi connectivity index (χ4v) is 3.80. The zero-order chi connectivity index (χ0) is 34.3. The summed E-state index contributed by atoms with van der Waals surface area (Å²) in [5.41, 5.74) is 1.37. The quantitative estimate of drug-likeness (QED) is 0.120. The highest BCUT2D eigenvalue weighted by atomic mass is 19.4. The van der Waals surface area contributed by atoms with E-state index in [1.54, 1.807) is 30.3 Å². The zero-order valence-corrected chi connectivity index (χ0v) is 27.0. The Kier molecular flexibility index (Phi) is 14.2. The number of rotatable bonds is 20. The number of hydrogen-bond acceptors (Lipinski definition) is 11. The van der Waals surface area contributed by atoms with Crippen LogP contribution in [0.25, 0.3) is 0 Å². The van der Waals surface area contributed by atoms with Crippen molar-refractivity contribution in [3.63, 3.8) is 0 Å². The monoisotopic (exact) mass is 665 g/mol. The van der Waals surface area contributed by atoms with E-state index in [9.17, 15) is 23.1 Å². The fourth-order valence-electron chi connectivity index (χ4n) is 3.80. The molecular formula is C31H42F3N7O6. The van der Waals surface area contributed by atoms with Crippen molar-refractivity contribution in [3.8, 4) is 17.5 Å². The lowest BCUT2D eigenvalue weighted by Gasteiger charge is -2.24. The highest BCUT2D eigenvalue weighted by Gasteiger charge is 2.29. The molecule has 0 aliphatic rings. The molecular weight excluding hydrogens is 623 g/mol. The first-order valence-electron chi connectivity index (χ1n) is 15.0. The molecule has 2 aromatic carbocycles. The van der Waals surface area contributed by atoms with E-state index in [0.717, 1.165) is 6.42 Å². The number of carbonyl (C=O) groups is 1. The number of quaternary nitrogens is 1. The van der Waals surface area contributed by atoms with Gasteiger partial charge in [0, 0.05) is 24.9 Å². The van der Waals surface area contributed by atoms with E-state index in [1.165, 1.54) is 12.1 Å². The number of nitrogens with one attached hydrogen (secondary N) is 3. The van der Waals surface area contributed by atoms with Crippen molar-refractivity contribution < 1.29 is 46.5 Å². The van der Waals surface area contributed by atoms with Crippen LogP contribution in [-0.2, 0) is 16.0 Å². The summed E-state index contributed by atoms with van der Waals surface area (Å²) in [6.45, 7) is 3.60. The van der Waals surface area contributed by atoms with Crippen LogP contribution >= 0.6 is 0 Å². The third-order valence-electron chi connectivity index (χ3n) is 6.11. The first kappa shape index (κ1) is 37.1. The molecule has 0 saturated carbocycles. The van der Waals surface area contributed by atoms with Gasteiger partial charge >= 0.3 is 12.2 Å². The Balaban J connectivity index is 1.79. The van der Waals surface area contributed by atoms with Gasteiger partial charge in [0.05, 0.1) is 59.6 Å². The van der Waals surface area contributed by atoms with Gasteiger partial charge in [-0.3, -0.25) is 4.79 Å². The van der Waals surface area contributed by atoms with Gasteiger partial charge in [0.15, 0.2) is 6.61 Å². The van der Waals surface area contributed by atoms with E-state index < -0.39 is 18.8 Å². The number of benzene rings is 2. The van der Waals surface area contributed by atoms with Crippen molar-refractivity contribution in [2.75, 3.05) is 84.5 Å². The van der Waals surface area contributed by atoms with E-state index in [4.69, 9.17) is 18.9 Å². The number of nitrogens with zero attached hydrogens (tertiary/aromatic N) is 4. The summed E-state index contributed by atoms with van der Waals surface area (Å²) < 4.78 is 61.0. The molecule has 0 spiro atoms. The van der Waals surface area contributed by atoms with Gasteiger partial charge in [0.2, 0.25) is 11.9 Å². The number of likely N-dealkylation sites (N-methyl/N-ethyl adjacent to an activating group) is 1. The number of anilines is 3. The van der Waals surface area contributed by atoms with Crippen LogP contribution < -0.4 is 30.5 Å². The van der Waals surface area contributed by atoms with Gasteiger partial charge < -0.3 is 44.5 Å². The molecule has 3 N–H and O–H groups in total. The molecule has 1 heterocycles. The molecule has 1 amide bonds. The van der Waals surface area contributed by atoms with Gasteiger partial charge in [-0.15, -0.1) is 5.75 Å². The number of carbonyl (C=O) groups excluding carboxylic acids is 1. The van der Waals surface area contributed by atoms with Crippen LogP contribution in [0, 0.1) is 0 Å². The molecule has 13 nitrogen and oxygen atoms in total. The fraction of sp³-hybridized carbons (Fsp3) is 0.484. The molecule has 0 saturated heterocycles. The molecule has 0 aliphatic heterocycles. The van der Waals surface area contributed by atoms with Crippen LogP contribution in [0.1, 0.15) is 29.3 Å². The molecule has 0 bridgehead atoms. The molecule has 47 heavy (non-hydrogen) atoms. The molecule has 1 aromatic heterocycles. The summed E-state index contributed by atoms with van der Waals surface area (Å²) in [6.07, 6.45) is -3.70. The van der Waals surface area contributed by atoms with Gasteiger partial charge in [-0.2, -0.15) is 28.1 Å². The predicted octanol–water partition coefficient (Wildman–Crippen LogP) is 3.50. The van der Waals surface area contributed by atoms with E-state index in [-0.39, 0.29) is 54.6 Å². The molecule has 0 radical (unpaired) electrons. The Morgan fingerprint density at radius 2 is 1.57 bits per heavy atom. The molecule has 0 aliphatic carbocycles. The van der Waals surface area contributed by atoms with Crippen molar-refractivity contribution in [1.29, 1.82) is 0 Å². The van der Waals surface area contributed by atoms with E-state index in [0.29, 0.717) is 48.6 Å². The SMILES string of the molecule is CCCOCCOCCOc1cc(Nc2nc(NCc3ccc([O-])cc3)nc(OCC(F)(F)F)n2)ccc1C(=O)NCC[N+](C)(C)C. The number of hydrogen-bond donors (Lipinski definition) is 3. The largest absolute Gasteiger partial charge is 0.872 e. The molecule has 3 rings (SSSR count). The number of amides is 1. The van der Waals surface area contributed by atoms with Crippen molar-refractivity contribution in [2.45, 2.75) is 26.1 Å². The van der Waals surface area contributed by atoms with Gasteiger partial charge in [-0.1, -0.05) is 31.2 Å². The van der Waals surface area contributed by atoms with Crippen LogP contribution in [0.3, 0.4) is 0 Å². The Morgan fingerprint density at radius 3 is 2.26 bits per heavy atom. The smallest absolute Gasteiger partial charge is 0.422 e. The lowest BCUT2D eigenvalue weighted by atomic mass is 10.1. The summed E-state index contributed by atoms with van der Waals surface area (Å²) in [5, 5.41) is 20.1. The lowest BCUT2D eigenvalue weighted by Crippen LogP contribution is -2.41. The highest BCUT2D eigenvalue weighted by Crippen LogP contribution is 2.26. The van der Waals surface area contributed by atoms with Gasteiger partial charge in [-0.25, -0.2) is 0 Å². The number of aromatic nitrogens is 3. The highest BCUT2D eigenvalue weighted by molar-refractivity contribution is 5.97. The minimum absolute atomic E-state index is 0.0735. The van der Waals surface area contributed by atoms with Crippen molar-refractivity contribution >= 4 is 23.5 Å². The Labute approximate surface area is 272 Å². The third kappa shape index (κ3) is 14.7. The van der Waals surface area contributed by atoms with Gasteiger partial charge in [-0.05, 0) is 24.1 Å². The molecule has 3 aromatic rings. The average Bonchev–Trinajstić information content (AvgIpc) is 3.00. The Bertz CT molecular complexity index is 1410. The van der Waals surface area contributed by atoms with Crippen LogP contribution in [0.15, 0.2) is 42.5 Å². The molecule has 0 unspecified atom stereocenters. The second kappa shape index (κ2) is 18.1. The zero-order valence-electron chi connectivity index (χ0n) is 27.0. The van der Waals surface area contributed by atoms with Crippen LogP contribution in [0.5, 0.6) is 17.5 Å². The minimum Gasteiger partial charge on any atom is -0.872 e.